The number of pyridine rings is 1. The van der Waals surface area contributed by atoms with E-state index in [1.165, 1.54) is 5.56 Å². The summed E-state index contributed by atoms with van der Waals surface area (Å²) in [6.45, 7) is 2.21. The fraction of sp³-hybridized carbons (Fsp3) is 0.333. The van der Waals surface area contributed by atoms with E-state index in [-0.39, 0.29) is 12.3 Å². The number of benzene rings is 2. The Balaban J connectivity index is 1.72. The van der Waals surface area contributed by atoms with Gasteiger partial charge in [-0.25, -0.2) is 4.98 Å². The van der Waals surface area contributed by atoms with Crippen LogP contribution in [0.2, 0.25) is 0 Å². The molecule has 1 aliphatic heterocycles. The highest BCUT2D eigenvalue weighted by molar-refractivity contribution is 5.96. The van der Waals surface area contributed by atoms with Crippen molar-refractivity contribution in [2.24, 2.45) is 5.73 Å². The first-order valence-corrected chi connectivity index (χ1v) is 10.4. The van der Waals surface area contributed by atoms with Crippen LogP contribution >= 0.6 is 0 Å². The lowest BCUT2D eigenvalue weighted by Crippen LogP contribution is -2.63. The predicted octanol–water partition coefficient (Wildman–Crippen LogP) is 2.52. The number of nitrogens with one attached hydrogen (secondary N) is 1. The van der Waals surface area contributed by atoms with Gasteiger partial charge in [0.1, 0.15) is 11.3 Å². The summed E-state index contributed by atoms with van der Waals surface area (Å²) in [6.07, 6.45) is 0.978. The molecule has 2 aromatic carbocycles. The van der Waals surface area contributed by atoms with Crippen molar-refractivity contribution in [3.63, 3.8) is 0 Å². The number of primary amides is 1. The second-order valence-electron chi connectivity index (χ2n) is 7.97. The van der Waals surface area contributed by atoms with Crippen LogP contribution in [0.25, 0.3) is 10.9 Å². The first kappa shape index (κ1) is 20.9. The third kappa shape index (κ3) is 4.41. The molecule has 0 spiro atoms. The molecule has 4 rings (SSSR count). The highest BCUT2D eigenvalue weighted by Crippen LogP contribution is 2.35. The maximum atomic E-state index is 12.0. The molecule has 31 heavy (non-hydrogen) atoms. The van der Waals surface area contributed by atoms with Gasteiger partial charge in [-0.3, -0.25) is 4.79 Å². The largest absolute Gasteiger partial charge is 0.494 e. The molecule has 1 amide bonds. The smallest absolute Gasteiger partial charge is 0.219 e. The van der Waals surface area contributed by atoms with Gasteiger partial charge in [0.15, 0.2) is 0 Å². The Morgan fingerprint density at radius 2 is 1.94 bits per heavy atom. The van der Waals surface area contributed by atoms with E-state index in [2.05, 4.69) is 33.4 Å². The minimum Gasteiger partial charge on any atom is -0.494 e. The molecule has 0 saturated carbocycles. The van der Waals surface area contributed by atoms with E-state index in [1.807, 2.05) is 36.4 Å². The number of nitrogens with zero attached hydrogens (tertiary/aromatic N) is 2. The molecule has 0 aliphatic carbocycles. The Labute approximate surface area is 182 Å². The number of nitrogens with two attached hydrogens (primary N) is 1. The Bertz CT molecular complexity index is 1070. The second-order valence-corrected chi connectivity index (χ2v) is 7.97. The normalized spacial score (nSPS) is 18.7. The molecule has 1 unspecified atom stereocenters. The molecule has 7 heteroatoms. The van der Waals surface area contributed by atoms with E-state index >= 15 is 0 Å². The minimum atomic E-state index is -0.447. The summed E-state index contributed by atoms with van der Waals surface area (Å²) >= 11 is 0. The molecule has 3 aromatic rings. The Morgan fingerprint density at radius 1 is 1.13 bits per heavy atom. The van der Waals surface area contributed by atoms with Gasteiger partial charge in [-0.2, -0.15) is 0 Å². The summed E-state index contributed by atoms with van der Waals surface area (Å²) in [4.78, 5) is 18.9. The van der Waals surface area contributed by atoms with Gasteiger partial charge in [-0.05, 0) is 30.2 Å². The molecule has 162 valence electrons. The average molecular weight is 421 g/mol. The second kappa shape index (κ2) is 8.81. The maximum Gasteiger partial charge on any atom is 0.219 e. The van der Waals surface area contributed by atoms with Crippen LogP contribution in [0.4, 0.5) is 5.69 Å². The van der Waals surface area contributed by atoms with Crippen LogP contribution in [0, 0.1) is 0 Å². The first-order valence-electron chi connectivity index (χ1n) is 10.4. The Morgan fingerprint density at radius 3 is 2.65 bits per heavy atom. The van der Waals surface area contributed by atoms with E-state index in [4.69, 9.17) is 15.2 Å². The molecule has 7 nitrogen and oxygen atoms in total. The third-order valence-electron chi connectivity index (χ3n) is 5.81. The molecule has 0 bridgehead atoms. The molecular weight excluding hydrogens is 392 g/mol. The summed E-state index contributed by atoms with van der Waals surface area (Å²) in [5, 5.41) is 4.58. The van der Waals surface area contributed by atoms with Crippen molar-refractivity contribution >= 4 is 22.5 Å². The van der Waals surface area contributed by atoms with Crippen LogP contribution in [0.15, 0.2) is 54.6 Å². The van der Waals surface area contributed by atoms with Gasteiger partial charge in [0.05, 0.1) is 14.2 Å². The Hall–Kier alpha value is -3.32. The zero-order chi connectivity index (χ0) is 21.8. The summed E-state index contributed by atoms with van der Waals surface area (Å²) in [5.41, 5.74) is 8.19. The SMILES string of the molecule is COc1ccc2c(N3CCNC(CC(N)=O)(Cc4ccccc4)C3)ccc(OC)c2n1. The molecular formula is C24H28N4O3. The van der Waals surface area contributed by atoms with Gasteiger partial charge >= 0.3 is 0 Å². The van der Waals surface area contributed by atoms with Gasteiger partial charge in [0, 0.05) is 48.7 Å². The van der Waals surface area contributed by atoms with Crippen molar-refractivity contribution in [1.82, 2.24) is 10.3 Å². The van der Waals surface area contributed by atoms with Gasteiger partial charge < -0.3 is 25.4 Å². The predicted molar refractivity (Wildman–Crippen MR) is 122 cm³/mol. The molecule has 1 fully saturated rings. The standard InChI is InChI=1S/C24H28N4O3/c1-30-20-10-9-19(18-8-11-22(31-2)27-23(18)20)28-13-12-26-24(16-28,15-21(25)29)14-17-6-4-3-5-7-17/h3-11,26H,12-16H2,1-2H3,(H2,25,29). The van der Waals surface area contributed by atoms with Crippen molar-refractivity contribution in [3.8, 4) is 11.6 Å². The summed E-state index contributed by atoms with van der Waals surface area (Å²) in [5.74, 6) is 0.923. The number of methoxy groups -OCH3 is 2. The van der Waals surface area contributed by atoms with Crippen LogP contribution < -0.4 is 25.4 Å². The summed E-state index contributed by atoms with van der Waals surface area (Å²) in [6, 6.07) is 18.0. The zero-order valence-electron chi connectivity index (χ0n) is 17.9. The highest BCUT2D eigenvalue weighted by Gasteiger charge is 2.37. The quantitative estimate of drug-likeness (QED) is 0.611. The van der Waals surface area contributed by atoms with Crippen LogP contribution in [0.3, 0.4) is 0 Å². The first-order chi connectivity index (χ1) is 15.0. The molecule has 1 saturated heterocycles. The number of carbonyl (C=O) groups excluding carboxylic acids is 1. The molecule has 2 heterocycles. The number of ether oxygens (including phenoxy) is 2. The van der Waals surface area contributed by atoms with Crippen molar-refractivity contribution in [1.29, 1.82) is 0 Å². The lowest BCUT2D eigenvalue weighted by molar-refractivity contribution is -0.119. The number of hydrogen-bond acceptors (Lipinski definition) is 6. The van der Waals surface area contributed by atoms with E-state index in [0.29, 0.717) is 24.6 Å². The molecule has 1 aromatic heterocycles. The lowest BCUT2D eigenvalue weighted by Gasteiger charge is -2.45. The molecule has 1 aliphatic rings. The van der Waals surface area contributed by atoms with Crippen LogP contribution in [-0.2, 0) is 11.2 Å². The third-order valence-corrected chi connectivity index (χ3v) is 5.81. The van der Waals surface area contributed by atoms with Gasteiger partial charge in [-0.1, -0.05) is 30.3 Å². The lowest BCUT2D eigenvalue weighted by atomic mass is 9.84. The highest BCUT2D eigenvalue weighted by atomic mass is 16.5. The van der Waals surface area contributed by atoms with E-state index in [1.54, 1.807) is 14.2 Å². The molecule has 1 atom stereocenters. The number of rotatable bonds is 7. The fourth-order valence-corrected chi connectivity index (χ4v) is 4.49. The van der Waals surface area contributed by atoms with Crippen LogP contribution in [0.1, 0.15) is 12.0 Å². The summed E-state index contributed by atoms with van der Waals surface area (Å²) < 4.78 is 10.8. The number of piperazine rings is 1. The number of carbonyl (C=O) groups is 1. The monoisotopic (exact) mass is 420 g/mol. The number of amides is 1. The molecule has 0 radical (unpaired) electrons. The van der Waals surface area contributed by atoms with Gasteiger partial charge in [0.2, 0.25) is 11.8 Å². The van der Waals surface area contributed by atoms with E-state index in [9.17, 15) is 4.79 Å². The van der Waals surface area contributed by atoms with Crippen molar-refractivity contribution in [2.75, 3.05) is 38.8 Å². The summed E-state index contributed by atoms with van der Waals surface area (Å²) in [7, 11) is 3.24. The maximum absolute atomic E-state index is 12.0. The number of hydrogen-bond donors (Lipinski definition) is 2. The van der Waals surface area contributed by atoms with Gasteiger partial charge in [0.25, 0.3) is 0 Å². The van der Waals surface area contributed by atoms with Crippen molar-refractivity contribution in [2.45, 2.75) is 18.4 Å². The fourth-order valence-electron chi connectivity index (χ4n) is 4.49. The number of anilines is 1. The van der Waals surface area contributed by atoms with Gasteiger partial charge in [-0.15, -0.1) is 0 Å². The van der Waals surface area contributed by atoms with Crippen LogP contribution in [-0.4, -0.2) is 50.3 Å². The van der Waals surface area contributed by atoms with E-state index < -0.39 is 5.54 Å². The van der Waals surface area contributed by atoms with E-state index in [0.717, 1.165) is 29.7 Å². The number of aromatic nitrogens is 1. The Kier molecular flexibility index (Phi) is 5.95. The number of fused-ring (bicyclic) bond motifs is 1. The molecule has 3 N–H and O–H groups in total. The van der Waals surface area contributed by atoms with Crippen molar-refractivity contribution < 1.29 is 14.3 Å². The topological polar surface area (TPSA) is 89.7 Å². The van der Waals surface area contributed by atoms with Crippen LogP contribution in [0.5, 0.6) is 11.6 Å². The van der Waals surface area contributed by atoms with Crippen molar-refractivity contribution in [3.05, 3.63) is 60.2 Å². The average Bonchev–Trinajstić information content (AvgIpc) is 2.78. The zero-order valence-corrected chi connectivity index (χ0v) is 17.9. The minimum absolute atomic E-state index is 0.262.